The molecule has 0 N–H and O–H groups in total. The first kappa shape index (κ1) is 21.8. The average molecular weight is 418 g/mol. The SMILES string of the molecule is CC(=O)Oc1ccc(CC(=O)OC(c2ccccc2)c2ccccc2)cc1OC(C)=O. The van der Waals surface area contributed by atoms with Gasteiger partial charge in [-0.2, -0.15) is 0 Å². The second-order valence-electron chi connectivity index (χ2n) is 6.84. The summed E-state index contributed by atoms with van der Waals surface area (Å²) in [6.45, 7) is 2.49. The predicted molar refractivity (Wildman–Crippen MR) is 114 cm³/mol. The average Bonchev–Trinajstić information content (AvgIpc) is 2.74. The fourth-order valence-corrected chi connectivity index (χ4v) is 3.06. The smallest absolute Gasteiger partial charge is 0.311 e. The van der Waals surface area contributed by atoms with Gasteiger partial charge in [0, 0.05) is 13.8 Å². The van der Waals surface area contributed by atoms with Gasteiger partial charge in [0.25, 0.3) is 0 Å². The fourth-order valence-electron chi connectivity index (χ4n) is 3.06. The van der Waals surface area contributed by atoms with Crippen LogP contribution in [-0.2, 0) is 25.5 Å². The molecule has 0 bridgehead atoms. The summed E-state index contributed by atoms with van der Waals surface area (Å²) in [5.41, 5.74) is 2.26. The zero-order valence-electron chi connectivity index (χ0n) is 17.2. The third kappa shape index (κ3) is 6.27. The Morgan fingerprint density at radius 1 is 0.710 bits per heavy atom. The molecular weight excluding hydrogens is 396 g/mol. The summed E-state index contributed by atoms with van der Waals surface area (Å²) < 4.78 is 16.0. The molecule has 0 saturated heterocycles. The minimum absolute atomic E-state index is 0.0508. The number of benzene rings is 3. The zero-order valence-corrected chi connectivity index (χ0v) is 17.2. The van der Waals surface area contributed by atoms with E-state index in [9.17, 15) is 14.4 Å². The molecule has 0 unspecified atom stereocenters. The van der Waals surface area contributed by atoms with Gasteiger partial charge in [-0.25, -0.2) is 0 Å². The van der Waals surface area contributed by atoms with Crippen molar-refractivity contribution in [2.24, 2.45) is 0 Å². The van der Waals surface area contributed by atoms with Crippen LogP contribution in [0, 0.1) is 0 Å². The van der Waals surface area contributed by atoms with E-state index in [0.717, 1.165) is 11.1 Å². The van der Waals surface area contributed by atoms with E-state index >= 15 is 0 Å². The van der Waals surface area contributed by atoms with Crippen molar-refractivity contribution < 1.29 is 28.6 Å². The lowest BCUT2D eigenvalue weighted by Gasteiger charge is -2.19. The van der Waals surface area contributed by atoms with E-state index in [-0.39, 0.29) is 17.9 Å². The number of rotatable bonds is 7. The van der Waals surface area contributed by atoms with E-state index < -0.39 is 24.0 Å². The third-order valence-electron chi connectivity index (χ3n) is 4.32. The molecule has 3 aromatic rings. The van der Waals surface area contributed by atoms with E-state index in [1.54, 1.807) is 6.07 Å². The lowest BCUT2D eigenvalue weighted by Crippen LogP contribution is -2.15. The van der Waals surface area contributed by atoms with Crippen molar-refractivity contribution in [1.82, 2.24) is 0 Å². The van der Waals surface area contributed by atoms with Gasteiger partial charge < -0.3 is 14.2 Å². The Morgan fingerprint density at radius 2 is 1.23 bits per heavy atom. The van der Waals surface area contributed by atoms with Gasteiger partial charge in [0.2, 0.25) is 0 Å². The summed E-state index contributed by atoms with van der Waals surface area (Å²) in [5.74, 6) is -1.40. The Kier molecular flexibility index (Phi) is 7.17. The minimum Gasteiger partial charge on any atom is -0.452 e. The van der Waals surface area contributed by atoms with E-state index in [1.165, 1.54) is 26.0 Å². The van der Waals surface area contributed by atoms with Gasteiger partial charge in [-0.1, -0.05) is 66.7 Å². The first-order chi connectivity index (χ1) is 14.9. The van der Waals surface area contributed by atoms with Crippen molar-refractivity contribution in [3.05, 3.63) is 95.6 Å². The Morgan fingerprint density at radius 3 is 1.74 bits per heavy atom. The summed E-state index contributed by atoms with van der Waals surface area (Å²) >= 11 is 0. The number of hydrogen-bond acceptors (Lipinski definition) is 6. The van der Waals surface area contributed by atoms with Crippen LogP contribution in [0.5, 0.6) is 11.5 Å². The van der Waals surface area contributed by atoms with Crippen LogP contribution in [0.25, 0.3) is 0 Å². The quantitative estimate of drug-likeness (QED) is 0.418. The van der Waals surface area contributed by atoms with Gasteiger partial charge in [0.05, 0.1) is 6.42 Å². The summed E-state index contributed by atoms with van der Waals surface area (Å²) in [6.07, 6.45) is -0.603. The van der Waals surface area contributed by atoms with E-state index in [1.807, 2.05) is 60.7 Å². The fraction of sp³-hybridized carbons (Fsp3) is 0.160. The van der Waals surface area contributed by atoms with Crippen molar-refractivity contribution in [3.8, 4) is 11.5 Å². The lowest BCUT2D eigenvalue weighted by atomic mass is 10.0. The predicted octanol–water partition coefficient (Wildman–Crippen LogP) is 4.41. The van der Waals surface area contributed by atoms with Gasteiger partial charge in [0.15, 0.2) is 17.6 Å². The van der Waals surface area contributed by atoms with Gasteiger partial charge in [0.1, 0.15) is 0 Å². The first-order valence-corrected chi connectivity index (χ1v) is 9.71. The van der Waals surface area contributed by atoms with Gasteiger partial charge >= 0.3 is 17.9 Å². The maximum absolute atomic E-state index is 12.8. The molecule has 0 aliphatic carbocycles. The van der Waals surface area contributed by atoms with Crippen molar-refractivity contribution in [2.75, 3.05) is 0 Å². The molecule has 0 saturated carbocycles. The van der Waals surface area contributed by atoms with E-state index in [2.05, 4.69) is 0 Å². The molecule has 0 fully saturated rings. The molecule has 0 aliphatic heterocycles. The number of ether oxygens (including phenoxy) is 3. The molecule has 0 atom stereocenters. The molecule has 0 heterocycles. The normalized spacial score (nSPS) is 10.4. The Labute approximate surface area is 180 Å². The summed E-state index contributed by atoms with van der Waals surface area (Å²) in [6, 6.07) is 23.5. The highest BCUT2D eigenvalue weighted by Gasteiger charge is 2.20. The highest BCUT2D eigenvalue weighted by atomic mass is 16.6. The van der Waals surface area contributed by atoms with Crippen LogP contribution in [-0.4, -0.2) is 17.9 Å². The molecular formula is C25H22O6. The third-order valence-corrected chi connectivity index (χ3v) is 4.32. The molecule has 6 heteroatoms. The van der Waals surface area contributed by atoms with Crippen LogP contribution in [0.3, 0.4) is 0 Å². The molecule has 6 nitrogen and oxygen atoms in total. The van der Waals surface area contributed by atoms with Crippen LogP contribution in [0.1, 0.15) is 36.6 Å². The minimum atomic E-state index is -0.568. The highest BCUT2D eigenvalue weighted by Crippen LogP contribution is 2.30. The van der Waals surface area contributed by atoms with Crippen LogP contribution in [0.2, 0.25) is 0 Å². The van der Waals surface area contributed by atoms with Crippen molar-refractivity contribution in [2.45, 2.75) is 26.4 Å². The topological polar surface area (TPSA) is 78.9 Å². The molecule has 3 rings (SSSR count). The van der Waals surface area contributed by atoms with Gasteiger partial charge in [-0.3, -0.25) is 14.4 Å². The maximum atomic E-state index is 12.8. The maximum Gasteiger partial charge on any atom is 0.311 e. The molecule has 0 spiro atoms. The van der Waals surface area contributed by atoms with Crippen LogP contribution < -0.4 is 9.47 Å². The van der Waals surface area contributed by atoms with Crippen LogP contribution >= 0.6 is 0 Å². The van der Waals surface area contributed by atoms with Gasteiger partial charge in [-0.15, -0.1) is 0 Å². The summed E-state index contributed by atoms with van der Waals surface area (Å²) in [7, 11) is 0. The zero-order chi connectivity index (χ0) is 22.2. The number of esters is 3. The second-order valence-corrected chi connectivity index (χ2v) is 6.84. The van der Waals surface area contributed by atoms with E-state index in [4.69, 9.17) is 14.2 Å². The summed E-state index contributed by atoms with van der Waals surface area (Å²) in [5, 5.41) is 0. The Hall–Kier alpha value is -3.93. The molecule has 158 valence electrons. The molecule has 31 heavy (non-hydrogen) atoms. The standard InChI is InChI=1S/C25H22O6/c1-17(26)29-22-14-13-19(15-23(22)30-18(2)27)16-24(28)31-25(20-9-5-3-6-10-20)21-11-7-4-8-12-21/h3-15,25H,16H2,1-2H3. The monoisotopic (exact) mass is 418 g/mol. The number of hydrogen-bond donors (Lipinski definition) is 0. The lowest BCUT2D eigenvalue weighted by molar-refractivity contribution is -0.146. The molecule has 0 amide bonds. The molecule has 0 aliphatic rings. The summed E-state index contributed by atoms with van der Waals surface area (Å²) in [4.78, 5) is 35.4. The second kappa shape index (κ2) is 10.2. The highest BCUT2D eigenvalue weighted by molar-refractivity contribution is 5.76. The first-order valence-electron chi connectivity index (χ1n) is 9.71. The molecule has 0 radical (unpaired) electrons. The molecule has 3 aromatic carbocycles. The number of carbonyl (C=O) groups is 3. The van der Waals surface area contributed by atoms with Crippen molar-refractivity contribution >= 4 is 17.9 Å². The van der Waals surface area contributed by atoms with Crippen LogP contribution in [0.4, 0.5) is 0 Å². The van der Waals surface area contributed by atoms with Crippen LogP contribution in [0.15, 0.2) is 78.9 Å². The largest absolute Gasteiger partial charge is 0.452 e. The number of carbonyl (C=O) groups excluding carboxylic acids is 3. The van der Waals surface area contributed by atoms with Crippen molar-refractivity contribution in [3.63, 3.8) is 0 Å². The molecule has 0 aromatic heterocycles. The van der Waals surface area contributed by atoms with E-state index in [0.29, 0.717) is 5.56 Å². The van der Waals surface area contributed by atoms with Gasteiger partial charge in [-0.05, 0) is 28.8 Å². The Balaban J connectivity index is 1.81. The van der Waals surface area contributed by atoms with Crippen molar-refractivity contribution in [1.29, 1.82) is 0 Å². The Bertz CT molecular complexity index is 1020.